The third-order valence-corrected chi connectivity index (χ3v) is 4.29. The Bertz CT molecular complexity index is 584. The summed E-state index contributed by atoms with van der Waals surface area (Å²) in [4.78, 5) is 4.54. The first kappa shape index (κ1) is 15.7. The molecule has 0 aliphatic carbocycles. The van der Waals surface area contributed by atoms with Crippen LogP contribution in [-0.2, 0) is 6.42 Å². The molecule has 1 atom stereocenters. The zero-order valence-corrected chi connectivity index (χ0v) is 14.8. The van der Waals surface area contributed by atoms with Crippen LogP contribution >= 0.6 is 31.9 Å². The molecule has 0 aliphatic rings. The number of benzene rings is 1. The highest BCUT2D eigenvalue weighted by Gasteiger charge is 2.17. The fourth-order valence-electron chi connectivity index (χ4n) is 2.32. The molecule has 2 nitrogen and oxygen atoms in total. The van der Waals surface area contributed by atoms with Gasteiger partial charge in [0.05, 0.1) is 11.7 Å². The molecule has 0 aliphatic heterocycles. The zero-order chi connectivity index (χ0) is 14.5. The number of aromatic nitrogens is 1. The van der Waals surface area contributed by atoms with Crippen LogP contribution < -0.4 is 5.32 Å². The second kappa shape index (κ2) is 7.34. The summed E-state index contributed by atoms with van der Waals surface area (Å²) in [7, 11) is 1.97. The quantitative estimate of drug-likeness (QED) is 0.778. The van der Waals surface area contributed by atoms with Gasteiger partial charge in [-0.25, -0.2) is 0 Å². The Kier molecular flexibility index (Phi) is 5.75. The minimum atomic E-state index is 0.0919. The van der Waals surface area contributed by atoms with E-state index in [1.54, 1.807) is 0 Å². The summed E-state index contributed by atoms with van der Waals surface area (Å²) in [6.07, 6.45) is 4.10. The lowest BCUT2D eigenvalue weighted by Gasteiger charge is -2.18. The molecule has 1 aromatic heterocycles. The maximum Gasteiger partial charge on any atom is 0.0761 e. The fourth-order valence-corrected chi connectivity index (χ4v) is 3.53. The van der Waals surface area contributed by atoms with Crippen LogP contribution in [0.1, 0.15) is 36.2 Å². The van der Waals surface area contributed by atoms with Crippen LogP contribution in [0, 0.1) is 0 Å². The van der Waals surface area contributed by atoms with Crippen molar-refractivity contribution in [2.45, 2.75) is 25.8 Å². The molecule has 0 amide bonds. The Labute approximate surface area is 137 Å². The van der Waals surface area contributed by atoms with Crippen LogP contribution in [0.4, 0.5) is 0 Å². The highest BCUT2D eigenvalue weighted by molar-refractivity contribution is 9.11. The van der Waals surface area contributed by atoms with Crippen LogP contribution in [0.3, 0.4) is 0 Å². The van der Waals surface area contributed by atoms with Crippen molar-refractivity contribution < 1.29 is 0 Å². The molecule has 0 fully saturated rings. The van der Waals surface area contributed by atoms with Crippen LogP contribution in [0.15, 0.2) is 45.5 Å². The molecule has 2 aromatic rings. The molecule has 0 radical (unpaired) electrons. The number of hydrogen-bond acceptors (Lipinski definition) is 2. The van der Waals surface area contributed by atoms with E-state index in [0.29, 0.717) is 0 Å². The fraction of sp³-hybridized carbons (Fsp3) is 0.312. The summed E-state index contributed by atoms with van der Waals surface area (Å²) in [5.74, 6) is 0. The van der Waals surface area contributed by atoms with E-state index in [4.69, 9.17) is 0 Å². The standard InChI is InChI=1S/C16H18Br2N2/c1-3-5-11-6-4-7-12(8-11)15(19-2)16-14(18)9-13(17)10-20-16/h4,6-10,15,19H,3,5H2,1-2H3. The number of rotatable bonds is 5. The smallest absolute Gasteiger partial charge is 0.0761 e. The monoisotopic (exact) mass is 396 g/mol. The molecular weight excluding hydrogens is 380 g/mol. The zero-order valence-electron chi connectivity index (χ0n) is 11.7. The number of nitrogens with one attached hydrogen (secondary N) is 1. The molecular formula is C16H18Br2N2. The highest BCUT2D eigenvalue weighted by atomic mass is 79.9. The number of hydrogen-bond donors (Lipinski definition) is 1. The minimum Gasteiger partial charge on any atom is -0.308 e. The first-order chi connectivity index (χ1) is 9.65. The SMILES string of the molecule is CCCc1cccc(C(NC)c2ncc(Br)cc2Br)c1. The van der Waals surface area contributed by atoms with E-state index in [1.807, 2.05) is 19.3 Å². The van der Waals surface area contributed by atoms with E-state index in [0.717, 1.165) is 27.5 Å². The Morgan fingerprint density at radius 1 is 1.25 bits per heavy atom. The summed E-state index contributed by atoms with van der Waals surface area (Å²) in [5.41, 5.74) is 3.62. The first-order valence-electron chi connectivity index (χ1n) is 6.72. The lowest BCUT2D eigenvalue weighted by molar-refractivity contribution is 0.666. The van der Waals surface area contributed by atoms with Crippen molar-refractivity contribution in [3.05, 3.63) is 62.3 Å². The summed E-state index contributed by atoms with van der Waals surface area (Å²) in [6.45, 7) is 2.20. The van der Waals surface area contributed by atoms with Crippen molar-refractivity contribution in [2.24, 2.45) is 0 Å². The lowest BCUT2D eigenvalue weighted by Crippen LogP contribution is -2.19. The predicted octanol–water partition coefficient (Wildman–Crippen LogP) is 4.87. The lowest BCUT2D eigenvalue weighted by atomic mass is 9.99. The predicted molar refractivity (Wildman–Crippen MR) is 91.0 cm³/mol. The molecule has 2 rings (SSSR count). The topological polar surface area (TPSA) is 24.9 Å². The van der Waals surface area contributed by atoms with Gasteiger partial charge in [0.15, 0.2) is 0 Å². The van der Waals surface area contributed by atoms with Gasteiger partial charge in [-0.1, -0.05) is 37.6 Å². The molecule has 0 saturated heterocycles. The Hall–Kier alpha value is -0.710. The van der Waals surface area contributed by atoms with Gasteiger partial charge in [0.1, 0.15) is 0 Å². The Balaban J connectivity index is 2.38. The van der Waals surface area contributed by atoms with Crippen LogP contribution in [-0.4, -0.2) is 12.0 Å². The van der Waals surface area contributed by atoms with Gasteiger partial charge >= 0.3 is 0 Å². The molecule has 1 unspecified atom stereocenters. The summed E-state index contributed by atoms with van der Waals surface area (Å²) in [6, 6.07) is 10.8. The largest absolute Gasteiger partial charge is 0.308 e. The first-order valence-corrected chi connectivity index (χ1v) is 8.31. The third-order valence-electron chi connectivity index (χ3n) is 3.22. The van der Waals surface area contributed by atoms with Crippen molar-refractivity contribution in [3.63, 3.8) is 0 Å². The maximum atomic E-state index is 4.54. The molecule has 1 aromatic carbocycles. The molecule has 106 valence electrons. The molecule has 1 heterocycles. The average molecular weight is 398 g/mol. The van der Waals surface area contributed by atoms with Gasteiger partial charge in [-0.2, -0.15) is 0 Å². The summed E-state index contributed by atoms with van der Waals surface area (Å²) >= 11 is 7.05. The van der Waals surface area contributed by atoms with Gasteiger partial charge in [-0.15, -0.1) is 0 Å². The second-order valence-electron chi connectivity index (χ2n) is 4.74. The van der Waals surface area contributed by atoms with Gasteiger partial charge < -0.3 is 5.32 Å². The summed E-state index contributed by atoms with van der Waals surface area (Å²) in [5, 5.41) is 3.36. The minimum absolute atomic E-state index is 0.0919. The van der Waals surface area contributed by atoms with Crippen molar-refractivity contribution in [1.29, 1.82) is 0 Å². The van der Waals surface area contributed by atoms with Crippen LogP contribution in [0.25, 0.3) is 0 Å². The van der Waals surface area contributed by atoms with Gasteiger partial charge in [0.25, 0.3) is 0 Å². The van der Waals surface area contributed by atoms with E-state index >= 15 is 0 Å². The summed E-state index contributed by atoms with van der Waals surface area (Å²) < 4.78 is 1.98. The van der Waals surface area contributed by atoms with E-state index in [9.17, 15) is 0 Å². The van der Waals surface area contributed by atoms with Crippen LogP contribution in [0.2, 0.25) is 0 Å². The van der Waals surface area contributed by atoms with Gasteiger partial charge in [0, 0.05) is 15.1 Å². The van der Waals surface area contributed by atoms with Crippen molar-refractivity contribution in [1.82, 2.24) is 10.3 Å². The van der Waals surface area contributed by atoms with Gasteiger partial charge in [0.2, 0.25) is 0 Å². The van der Waals surface area contributed by atoms with Crippen molar-refractivity contribution >= 4 is 31.9 Å². The highest BCUT2D eigenvalue weighted by Crippen LogP contribution is 2.29. The third kappa shape index (κ3) is 3.68. The molecule has 0 saturated carbocycles. The second-order valence-corrected chi connectivity index (χ2v) is 6.51. The molecule has 0 bridgehead atoms. The average Bonchev–Trinajstić information content (AvgIpc) is 2.43. The van der Waals surface area contributed by atoms with Crippen molar-refractivity contribution in [2.75, 3.05) is 7.05 Å². The Morgan fingerprint density at radius 2 is 2.05 bits per heavy atom. The molecule has 1 N–H and O–H groups in total. The number of pyridine rings is 1. The number of nitrogens with zero attached hydrogens (tertiary/aromatic N) is 1. The Morgan fingerprint density at radius 3 is 2.70 bits per heavy atom. The molecule has 20 heavy (non-hydrogen) atoms. The van der Waals surface area contributed by atoms with Crippen LogP contribution in [0.5, 0.6) is 0 Å². The number of aryl methyl sites for hydroxylation is 1. The van der Waals surface area contributed by atoms with E-state index in [-0.39, 0.29) is 6.04 Å². The maximum absolute atomic E-state index is 4.54. The van der Waals surface area contributed by atoms with Crippen molar-refractivity contribution in [3.8, 4) is 0 Å². The van der Waals surface area contributed by atoms with Gasteiger partial charge in [-0.3, -0.25) is 4.98 Å². The van der Waals surface area contributed by atoms with E-state index in [1.165, 1.54) is 11.1 Å². The van der Waals surface area contributed by atoms with Gasteiger partial charge in [-0.05, 0) is 62.5 Å². The normalized spacial score (nSPS) is 12.4. The number of halogens is 2. The van der Waals surface area contributed by atoms with E-state index in [2.05, 4.69) is 73.3 Å². The molecule has 4 heteroatoms. The van der Waals surface area contributed by atoms with E-state index < -0.39 is 0 Å². The molecule has 0 spiro atoms.